The highest BCUT2D eigenvalue weighted by Crippen LogP contribution is 1.87. The highest BCUT2D eigenvalue weighted by molar-refractivity contribution is 5.91. The zero-order valence-electron chi connectivity index (χ0n) is 9.73. The van der Waals surface area contributed by atoms with Gasteiger partial charge >= 0.3 is 11.9 Å². The van der Waals surface area contributed by atoms with Crippen LogP contribution in [-0.2, 0) is 23.8 Å². The Bertz CT molecular complexity index is 235. The molecule has 0 spiro atoms. The van der Waals surface area contributed by atoms with Crippen molar-refractivity contribution in [2.45, 2.75) is 20.3 Å². The van der Waals surface area contributed by atoms with Crippen molar-refractivity contribution in [3.63, 3.8) is 0 Å². The lowest BCUT2D eigenvalue weighted by Gasteiger charge is -2.01. The van der Waals surface area contributed by atoms with Gasteiger partial charge in [-0.25, -0.2) is 9.59 Å². The maximum Gasteiger partial charge on any atom is 0.331 e. The van der Waals surface area contributed by atoms with E-state index in [1.54, 1.807) is 0 Å². The number of hydrogen-bond donors (Lipinski definition) is 0. The Morgan fingerprint density at radius 1 is 0.938 bits per heavy atom. The lowest BCUT2D eigenvalue weighted by Crippen LogP contribution is -2.09. The molecule has 0 unspecified atom stereocenters. The molecule has 5 nitrogen and oxygen atoms in total. The van der Waals surface area contributed by atoms with Gasteiger partial charge in [-0.15, -0.1) is 0 Å². The summed E-state index contributed by atoms with van der Waals surface area (Å²) >= 11 is 0. The molecule has 0 aliphatic rings. The Balaban J connectivity index is 3.60. The van der Waals surface area contributed by atoms with Crippen molar-refractivity contribution < 1.29 is 23.8 Å². The molecule has 0 aliphatic heterocycles. The van der Waals surface area contributed by atoms with Gasteiger partial charge in [0, 0.05) is 18.8 Å². The average Bonchev–Trinajstić information content (AvgIpc) is 2.29. The highest BCUT2D eigenvalue weighted by atomic mass is 16.6. The monoisotopic (exact) mass is 230 g/mol. The third-order valence-corrected chi connectivity index (χ3v) is 1.48. The molecule has 0 aromatic carbocycles. The zero-order valence-corrected chi connectivity index (χ0v) is 9.73. The first-order valence-corrected chi connectivity index (χ1v) is 5.30. The molecule has 0 amide bonds. The van der Waals surface area contributed by atoms with E-state index in [1.165, 1.54) is 0 Å². The Labute approximate surface area is 95.4 Å². The number of carbonyl (C=O) groups excluding carboxylic acids is 2. The van der Waals surface area contributed by atoms with Gasteiger partial charge < -0.3 is 14.2 Å². The molecule has 16 heavy (non-hydrogen) atoms. The van der Waals surface area contributed by atoms with E-state index in [0.29, 0.717) is 19.8 Å². The second kappa shape index (κ2) is 10.2. The molecular weight excluding hydrogens is 212 g/mol. The number of rotatable bonds is 8. The fraction of sp³-hybridized carbons (Fsp3) is 0.636. The van der Waals surface area contributed by atoms with Crippen LogP contribution in [-0.4, -0.2) is 38.4 Å². The number of ether oxygens (including phenoxy) is 3. The van der Waals surface area contributed by atoms with Gasteiger partial charge in [0.25, 0.3) is 0 Å². The smallest absolute Gasteiger partial charge is 0.331 e. The average molecular weight is 230 g/mol. The minimum Gasteiger partial charge on any atom is -0.463 e. The van der Waals surface area contributed by atoms with E-state index >= 15 is 0 Å². The van der Waals surface area contributed by atoms with Gasteiger partial charge in [0.05, 0.1) is 13.2 Å². The number of hydrogen-bond acceptors (Lipinski definition) is 5. The van der Waals surface area contributed by atoms with E-state index in [1.807, 2.05) is 13.8 Å². The topological polar surface area (TPSA) is 61.8 Å². The normalized spacial score (nSPS) is 10.4. The van der Waals surface area contributed by atoms with Crippen LogP contribution in [0.1, 0.15) is 20.3 Å². The molecule has 0 aromatic rings. The lowest BCUT2D eigenvalue weighted by atomic mass is 10.5. The molecule has 0 aromatic heterocycles. The SMILES string of the molecule is CCCOC(=O)/C=C/C(=O)OCCOCC. The first-order valence-electron chi connectivity index (χ1n) is 5.30. The van der Waals surface area contributed by atoms with E-state index in [-0.39, 0.29) is 6.61 Å². The molecule has 0 N–H and O–H groups in total. The summed E-state index contributed by atoms with van der Waals surface area (Å²) in [6, 6.07) is 0. The van der Waals surface area contributed by atoms with Crippen molar-refractivity contribution in [1.82, 2.24) is 0 Å². The molecule has 0 heterocycles. The van der Waals surface area contributed by atoms with Crippen molar-refractivity contribution in [3.8, 4) is 0 Å². The molecule has 0 rings (SSSR count). The molecule has 0 fully saturated rings. The Hall–Kier alpha value is -1.36. The summed E-state index contributed by atoms with van der Waals surface area (Å²) in [7, 11) is 0. The van der Waals surface area contributed by atoms with Crippen LogP contribution >= 0.6 is 0 Å². The van der Waals surface area contributed by atoms with Gasteiger partial charge in [-0.1, -0.05) is 6.92 Å². The van der Waals surface area contributed by atoms with Crippen LogP contribution < -0.4 is 0 Å². The Morgan fingerprint density at radius 3 is 2.00 bits per heavy atom. The second-order valence-corrected chi connectivity index (χ2v) is 2.87. The Kier molecular flexibility index (Phi) is 9.30. The van der Waals surface area contributed by atoms with Crippen LogP contribution in [0, 0.1) is 0 Å². The molecule has 92 valence electrons. The summed E-state index contributed by atoms with van der Waals surface area (Å²) < 4.78 is 14.4. The second-order valence-electron chi connectivity index (χ2n) is 2.87. The maximum atomic E-state index is 11.0. The Morgan fingerprint density at radius 2 is 1.50 bits per heavy atom. The molecule has 0 saturated carbocycles. The third kappa shape index (κ3) is 9.21. The minimum atomic E-state index is -0.576. The van der Waals surface area contributed by atoms with Crippen LogP contribution in [0.25, 0.3) is 0 Å². The third-order valence-electron chi connectivity index (χ3n) is 1.48. The van der Waals surface area contributed by atoms with E-state index < -0.39 is 11.9 Å². The van der Waals surface area contributed by atoms with Gasteiger partial charge in [-0.3, -0.25) is 0 Å². The van der Waals surface area contributed by atoms with Gasteiger partial charge in [-0.2, -0.15) is 0 Å². The van der Waals surface area contributed by atoms with E-state index in [2.05, 4.69) is 0 Å². The van der Waals surface area contributed by atoms with Crippen LogP contribution in [0.15, 0.2) is 12.2 Å². The van der Waals surface area contributed by atoms with Crippen LogP contribution in [0.4, 0.5) is 0 Å². The number of carbonyl (C=O) groups is 2. The van der Waals surface area contributed by atoms with Crippen molar-refractivity contribution in [3.05, 3.63) is 12.2 Å². The fourth-order valence-corrected chi connectivity index (χ4v) is 0.780. The van der Waals surface area contributed by atoms with Crippen molar-refractivity contribution in [2.24, 2.45) is 0 Å². The molecular formula is C11H18O5. The minimum absolute atomic E-state index is 0.182. The molecule has 0 aliphatic carbocycles. The van der Waals surface area contributed by atoms with Gasteiger partial charge in [0.15, 0.2) is 0 Å². The summed E-state index contributed by atoms with van der Waals surface area (Å²) in [5.41, 5.74) is 0. The highest BCUT2D eigenvalue weighted by Gasteiger charge is 2.00. The molecule has 0 bridgehead atoms. The lowest BCUT2D eigenvalue weighted by molar-refractivity contribution is -0.141. The van der Waals surface area contributed by atoms with Crippen molar-refractivity contribution in [2.75, 3.05) is 26.4 Å². The van der Waals surface area contributed by atoms with Gasteiger partial charge in [0.2, 0.25) is 0 Å². The summed E-state index contributed by atoms with van der Waals surface area (Å²) in [5.74, 6) is -1.11. The largest absolute Gasteiger partial charge is 0.463 e. The summed E-state index contributed by atoms with van der Waals surface area (Å²) in [4.78, 5) is 22.0. The van der Waals surface area contributed by atoms with Crippen molar-refractivity contribution >= 4 is 11.9 Å². The molecule has 0 radical (unpaired) electrons. The maximum absolute atomic E-state index is 11.0. The van der Waals surface area contributed by atoms with Gasteiger partial charge in [0.1, 0.15) is 6.61 Å². The molecule has 0 atom stereocenters. The molecule has 5 heteroatoms. The first-order chi connectivity index (χ1) is 7.70. The fourth-order valence-electron chi connectivity index (χ4n) is 0.780. The van der Waals surface area contributed by atoms with E-state index in [4.69, 9.17) is 14.2 Å². The zero-order chi connectivity index (χ0) is 12.2. The van der Waals surface area contributed by atoms with Crippen LogP contribution in [0.2, 0.25) is 0 Å². The van der Waals surface area contributed by atoms with E-state index in [9.17, 15) is 9.59 Å². The van der Waals surface area contributed by atoms with Crippen LogP contribution in [0.3, 0.4) is 0 Å². The summed E-state index contributed by atoms with van der Waals surface area (Å²) in [6.45, 7) is 5.21. The number of esters is 2. The molecule has 0 saturated heterocycles. The first kappa shape index (κ1) is 14.6. The van der Waals surface area contributed by atoms with Gasteiger partial charge in [-0.05, 0) is 13.3 Å². The predicted molar refractivity (Wildman–Crippen MR) is 57.8 cm³/mol. The summed E-state index contributed by atoms with van der Waals surface area (Å²) in [5, 5.41) is 0. The van der Waals surface area contributed by atoms with Crippen molar-refractivity contribution in [1.29, 1.82) is 0 Å². The predicted octanol–water partition coefficient (Wildman–Crippen LogP) is 1.08. The van der Waals surface area contributed by atoms with Crippen LogP contribution in [0.5, 0.6) is 0 Å². The summed E-state index contributed by atoms with van der Waals surface area (Å²) in [6.07, 6.45) is 2.85. The quantitative estimate of drug-likeness (QED) is 0.354. The van der Waals surface area contributed by atoms with E-state index in [0.717, 1.165) is 18.6 Å². The standard InChI is InChI=1S/C11H18O5/c1-3-7-15-10(12)5-6-11(13)16-9-8-14-4-2/h5-6H,3-4,7-9H2,1-2H3/b6-5+.